The molecule has 0 bridgehead atoms. The number of fused-ring (bicyclic) bond motifs is 1. The van der Waals surface area contributed by atoms with E-state index in [4.69, 9.17) is 0 Å². The average molecular weight is 420 g/mol. The smallest absolute Gasteiger partial charge is 0.270 e. The van der Waals surface area contributed by atoms with Gasteiger partial charge in [0.05, 0.1) is 23.6 Å². The molecule has 3 aromatic rings. The zero-order valence-corrected chi connectivity index (χ0v) is 16.2. The first-order valence-electron chi connectivity index (χ1n) is 9.45. The van der Waals surface area contributed by atoms with E-state index in [1.54, 1.807) is 30.3 Å². The van der Waals surface area contributed by atoms with Crippen LogP contribution in [-0.2, 0) is 16.9 Å². The minimum atomic E-state index is -2.13. The van der Waals surface area contributed by atoms with Crippen molar-refractivity contribution in [2.45, 2.75) is 18.6 Å². The number of para-hydroxylation sites is 1. The Balaban J connectivity index is 1.67. The summed E-state index contributed by atoms with van der Waals surface area (Å²) in [5, 5.41) is 22.3. The number of carbonyl (C=O) groups excluding carboxylic acids is 2. The van der Waals surface area contributed by atoms with Gasteiger partial charge in [-0.25, -0.2) is 4.39 Å². The predicted molar refractivity (Wildman–Crippen MR) is 110 cm³/mol. The molecule has 8 heteroatoms. The number of halogens is 1. The summed E-state index contributed by atoms with van der Waals surface area (Å²) in [5.41, 5.74) is -1.16. The molecule has 0 saturated carbocycles. The van der Waals surface area contributed by atoms with E-state index in [0.717, 1.165) is 6.07 Å². The number of ketones is 1. The largest absolute Gasteiger partial charge is 0.375 e. The minimum absolute atomic E-state index is 0.0148. The maximum atomic E-state index is 13.6. The fourth-order valence-electron chi connectivity index (χ4n) is 3.78. The first-order chi connectivity index (χ1) is 14.8. The van der Waals surface area contributed by atoms with Gasteiger partial charge in [-0.1, -0.05) is 42.5 Å². The predicted octanol–water partition coefficient (Wildman–Crippen LogP) is 3.74. The number of carbonyl (C=O) groups is 2. The molecule has 1 amide bonds. The van der Waals surface area contributed by atoms with Gasteiger partial charge in [-0.15, -0.1) is 0 Å². The molecule has 156 valence electrons. The molecule has 1 N–H and O–H groups in total. The quantitative estimate of drug-likeness (QED) is 0.372. The van der Waals surface area contributed by atoms with Gasteiger partial charge in [0.1, 0.15) is 5.82 Å². The van der Waals surface area contributed by atoms with Gasteiger partial charge >= 0.3 is 0 Å². The summed E-state index contributed by atoms with van der Waals surface area (Å²) in [6.45, 7) is 0.0148. The van der Waals surface area contributed by atoms with E-state index in [2.05, 4.69) is 0 Å². The third kappa shape index (κ3) is 3.69. The van der Waals surface area contributed by atoms with Gasteiger partial charge in [0.15, 0.2) is 11.4 Å². The monoisotopic (exact) mass is 420 g/mol. The lowest BCUT2D eigenvalue weighted by atomic mass is 9.88. The molecule has 1 aliphatic rings. The van der Waals surface area contributed by atoms with Crippen molar-refractivity contribution in [2.24, 2.45) is 0 Å². The van der Waals surface area contributed by atoms with E-state index in [1.165, 1.54) is 41.3 Å². The van der Waals surface area contributed by atoms with Crippen molar-refractivity contribution >= 4 is 23.1 Å². The van der Waals surface area contributed by atoms with E-state index in [0.29, 0.717) is 11.3 Å². The lowest BCUT2D eigenvalue weighted by Crippen LogP contribution is -2.41. The molecule has 1 heterocycles. The zero-order chi connectivity index (χ0) is 22.2. The van der Waals surface area contributed by atoms with E-state index < -0.39 is 34.5 Å². The number of aliphatic hydroxyl groups is 1. The molecule has 0 aromatic heterocycles. The fraction of sp³-hybridized carbons (Fsp3) is 0.130. The van der Waals surface area contributed by atoms with Crippen LogP contribution >= 0.6 is 0 Å². The van der Waals surface area contributed by atoms with E-state index in [-0.39, 0.29) is 23.4 Å². The Morgan fingerprint density at radius 3 is 2.55 bits per heavy atom. The summed E-state index contributed by atoms with van der Waals surface area (Å²) < 4.78 is 13.6. The van der Waals surface area contributed by atoms with Crippen molar-refractivity contribution in [3.63, 3.8) is 0 Å². The van der Waals surface area contributed by atoms with Crippen LogP contribution in [0.25, 0.3) is 0 Å². The molecular weight excluding hydrogens is 403 g/mol. The number of hydrogen-bond donors (Lipinski definition) is 1. The molecule has 3 aromatic carbocycles. The number of non-ortho nitro benzene ring substituents is 1. The standard InChI is InChI=1S/C23H17FN2O5/c24-17-7-3-5-15(11-17)14-25-20-10-2-1-9-19(20)23(29,22(25)28)13-21(27)16-6-4-8-18(12-16)26(30)31/h1-12,29H,13-14H2/t23-/m0/s1. The van der Waals surface area contributed by atoms with Gasteiger partial charge in [-0.3, -0.25) is 19.7 Å². The second-order valence-corrected chi connectivity index (χ2v) is 7.31. The highest BCUT2D eigenvalue weighted by molar-refractivity contribution is 6.10. The van der Waals surface area contributed by atoms with Gasteiger partial charge in [-0.2, -0.15) is 0 Å². The summed E-state index contributed by atoms with van der Waals surface area (Å²) in [6.07, 6.45) is -0.580. The Kier molecular flexibility index (Phi) is 5.08. The first kappa shape index (κ1) is 20.4. The lowest BCUT2D eigenvalue weighted by Gasteiger charge is -2.23. The van der Waals surface area contributed by atoms with Gasteiger partial charge < -0.3 is 10.0 Å². The molecule has 7 nitrogen and oxygen atoms in total. The zero-order valence-electron chi connectivity index (χ0n) is 16.2. The third-order valence-corrected chi connectivity index (χ3v) is 5.26. The Bertz CT molecular complexity index is 1210. The molecule has 0 spiro atoms. The van der Waals surface area contributed by atoms with Gasteiger partial charge in [-0.05, 0) is 23.8 Å². The molecule has 0 aliphatic carbocycles. The number of Topliss-reactive ketones (excluding diaryl/α,β-unsaturated/α-hetero) is 1. The molecule has 0 unspecified atom stereocenters. The topological polar surface area (TPSA) is 101 Å². The van der Waals surface area contributed by atoms with Crippen molar-refractivity contribution in [1.29, 1.82) is 0 Å². The van der Waals surface area contributed by atoms with Crippen LogP contribution in [-0.4, -0.2) is 21.7 Å². The van der Waals surface area contributed by atoms with Crippen molar-refractivity contribution in [3.8, 4) is 0 Å². The number of anilines is 1. The van der Waals surface area contributed by atoms with Crippen LogP contribution < -0.4 is 4.90 Å². The van der Waals surface area contributed by atoms with Crippen LogP contribution in [0.15, 0.2) is 72.8 Å². The summed E-state index contributed by atoms with van der Waals surface area (Å²) in [6, 6.07) is 17.4. The normalized spacial score (nSPS) is 17.5. The van der Waals surface area contributed by atoms with Crippen molar-refractivity contribution < 1.29 is 24.0 Å². The van der Waals surface area contributed by atoms with Crippen LogP contribution in [0.3, 0.4) is 0 Å². The molecule has 31 heavy (non-hydrogen) atoms. The van der Waals surface area contributed by atoms with Crippen LogP contribution in [0.5, 0.6) is 0 Å². The fourth-order valence-corrected chi connectivity index (χ4v) is 3.78. The van der Waals surface area contributed by atoms with Gasteiger partial charge in [0, 0.05) is 23.3 Å². The van der Waals surface area contributed by atoms with Gasteiger partial charge in [0.2, 0.25) is 0 Å². The Hall–Kier alpha value is -3.91. The second-order valence-electron chi connectivity index (χ2n) is 7.31. The SMILES string of the molecule is O=C(C[C@@]1(O)C(=O)N(Cc2cccc(F)c2)c2ccccc21)c1cccc([N+](=O)[O-])c1. The number of rotatable bonds is 6. The van der Waals surface area contributed by atoms with Crippen molar-refractivity contribution in [1.82, 2.24) is 0 Å². The first-order valence-corrected chi connectivity index (χ1v) is 9.45. The number of amides is 1. The average Bonchev–Trinajstić information content (AvgIpc) is 2.96. The number of nitrogens with zero attached hydrogens (tertiary/aromatic N) is 2. The van der Waals surface area contributed by atoms with Crippen molar-refractivity contribution in [2.75, 3.05) is 4.90 Å². The van der Waals surface area contributed by atoms with Crippen LogP contribution in [0.1, 0.15) is 27.9 Å². The van der Waals surface area contributed by atoms with Crippen molar-refractivity contribution in [3.05, 3.63) is 105 Å². The van der Waals surface area contributed by atoms with Crippen LogP contribution in [0.2, 0.25) is 0 Å². The highest BCUT2D eigenvalue weighted by atomic mass is 19.1. The number of hydrogen-bond acceptors (Lipinski definition) is 5. The molecule has 1 aliphatic heterocycles. The maximum absolute atomic E-state index is 13.6. The summed E-state index contributed by atoms with van der Waals surface area (Å²) in [4.78, 5) is 37.8. The summed E-state index contributed by atoms with van der Waals surface area (Å²) >= 11 is 0. The Morgan fingerprint density at radius 1 is 1.06 bits per heavy atom. The summed E-state index contributed by atoms with van der Waals surface area (Å²) in [5.74, 6) is -1.77. The number of nitro groups is 1. The van der Waals surface area contributed by atoms with E-state index in [1.807, 2.05) is 0 Å². The van der Waals surface area contributed by atoms with Crippen LogP contribution in [0, 0.1) is 15.9 Å². The lowest BCUT2D eigenvalue weighted by molar-refractivity contribution is -0.384. The highest BCUT2D eigenvalue weighted by Crippen LogP contribution is 2.43. The molecular formula is C23H17FN2O5. The highest BCUT2D eigenvalue weighted by Gasteiger charge is 2.50. The number of nitro benzene ring substituents is 1. The Morgan fingerprint density at radius 2 is 1.81 bits per heavy atom. The minimum Gasteiger partial charge on any atom is -0.375 e. The molecule has 0 fully saturated rings. The van der Waals surface area contributed by atoms with E-state index in [9.17, 15) is 29.2 Å². The molecule has 4 rings (SSSR count). The summed E-state index contributed by atoms with van der Waals surface area (Å²) in [7, 11) is 0. The molecule has 0 saturated heterocycles. The Labute approximate surface area is 176 Å². The molecule has 0 radical (unpaired) electrons. The maximum Gasteiger partial charge on any atom is 0.270 e. The molecule has 1 atom stereocenters. The third-order valence-electron chi connectivity index (χ3n) is 5.26. The van der Waals surface area contributed by atoms with Crippen LogP contribution in [0.4, 0.5) is 15.8 Å². The second kappa shape index (κ2) is 7.73. The van der Waals surface area contributed by atoms with Gasteiger partial charge in [0.25, 0.3) is 11.6 Å². The van der Waals surface area contributed by atoms with E-state index >= 15 is 0 Å². The number of benzene rings is 3.